The van der Waals surface area contributed by atoms with Gasteiger partial charge in [-0.3, -0.25) is 0 Å². The molecule has 3 aromatic rings. The van der Waals surface area contributed by atoms with Gasteiger partial charge in [0.2, 0.25) is 0 Å². The predicted octanol–water partition coefficient (Wildman–Crippen LogP) is 5.30. The highest BCUT2D eigenvalue weighted by Gasteiger charge is 2.07. The fourth-order valence-electron chi connectivity index (χ4n) is 2.29. The van der Waals surface area contributed by atoms with E-state index in [0.29, 0.717) is 18.2 Å². The van der Waals surface area contributed by atoms with Gasteiger partial charge >= 0.3 is 0 Å². The van der Waals surface area contributed by atoms with Gasteiger partial charge in [0.25, 0.3) is 0 Å². The third kappa shape index (κ3) is 3.17. The average molecular weight is 301 g/mol. The third-order valence-electron chi connectivity index (χ3n) is 3.33. The van der Waals surface area contributed by atoms with Crippen molar-refractivity contribution in [1.29, 1.82) is 0 Å². The topological polar surface area (TPSA) is 9.23 Å². The summed E-state index contributed by atoms with van der Waals surface area (Å²) < 4.78 is 19.4. The smallest absolute Gasteiger partial charge is 0.128 e. The van der Waals surface area contributed by atoms with Crippen LogP contribution in [0.2, 0.25) is 0 Å². The Morgan fingerprint density at radius 1 is 0.905 bits per heavy atom. The number of rotatable bonds is 4. The van der Waals surface area contributed by atoms with Gasteiger partial charge in [-0.05, 0) is 40.8 Å². The maximum atomic E-state index is 13.5. The van der Waals surface area contributed by atoms with Crippen molar-refractivity contribution in [2.45, 2.75) is 12.5 Å². The second-order valence-corrected chi connectivity index (χ2v) is 5.13. The van der Waals surface area contributed by atoms with E-state index in [1.54, 1.807) is 6.07 Å². The first kappa shape index (κ1) is 13.9. The van der Waals surface area contributed by atoms with Crippen molar-refractivity contribution in [2.75, 3.05) is 0 Å². The lowest BCUT2D eigenvalue weighted by Gasteiger charge is -2.11. The molecule has 0 aliphatic heterocycles. The van der Waals surface area contributed by atoms with Crippen LogP contribution in [0, 0.1) is 5.82 Å². The summed E-state index contributed by atoms with van der Waals surface area (Å²) in [5.41, 5.74) is 2.03. The highest BCUT2D eigenvalue weighted by atomic mass is 35.5. The van der Waals surface area contributed by atoms with E-state index in [-0.39, 0.29) is 5.82 Å². The first-order valence-electron chi connectivity index (χ1n) is 6.71. The number of ether oxygens (including phenoxy) is 1. The third-order valence-corrected chi connectivity index (χ3v) is 3.64. The Bertz CT molecular complexity index is 756. The lowest BCUT2D eigenvalue weighted by molar-refractivity contribution is 0.310. The Kier molecular flexibility index (Phi) is 4.07. The summed E-state index contributed by atoms with van der Waals surface area (Å²) in [5, 5.41) is 1.69. The molecule has 0 saturated heterocycles. The van der Waals surface area contributed by atoms with Crippen LogP contribution in [0.1, 0.15) is 11.1 Å². The van der Waals surface area contributed by atoms with Crippen LogP contribution in [-0.4, -0.2) is 0 Å². The second-order valence-electron chi connectivity index (χ2n) is 4.87. The standard InChI is InChI=1S/C18H14ClFO/c19-11-14-8-15-6-7-16(20)10-17(15)18(9-14)21-12-13-4-2-1-3-5-13/h1-10H,11-12H2. The van der Waals surface area contributed by atoms with E-state index in [0.717, 1.165) is 21.9 Å². The van der Waals surface area contributed by atoms with Gasteiger partial charge in [0.05, 0.1) is 0 Å². The van der Waals surface area contributed by atoms with E-state index in [1.165, 1.54) is 12.1 Å². The molecule has 3 rings (SSSR count). The number of alkyl halides is 1. The fraction of sp³-hybridized carbons (Fsp3) is 0.111. The van der Waals surface area contributed by atoms with Crippen LogP contribution < -0.4 is 4.74 Å². The molecule has 0 spiro atoms. The average Bonchev–Trinajstić information content (AvgIpc) is 2.53. The zero-order chi connectivity index (χ0) is 14.7. The zero-order valence-electron chi connectivity index (χ0n) is 11.4. The van der Waals surface area contributed by atoms with Gasteiger partial charge in [-0.2, -0.15) is 0 Å². The Balaban J connectivity index is 1.97. The van der Waals surface area contributed by atoms with Crippen molar-refractivity contribution >= 4 is 22.4 Å². The Morgan fingerprint density at radius 2 is 1.71 bits per heavy atom. The summed E-state index contributed by atoms with van der Waals surface area (Å²) in [6.07, 6.45) is 0. The minimum Gasteiger partial charge on any atom is -0.488 e. The van der Waals surface area contributed by atoms with E-state index in [9.17, 15) is 4.39 Å². The number of fused-ring (bicyclic) bond motifs is 1. The maximum Gasteiger partial charge on any atom is 0.128 e. The molecule has 21 heavy (non-hydrogen) atoms. The molecule has 106 valence electrons. The van der Waals surface area contributed by atoms with Crippen LogP contribution in [0.4, 0.5) is 4.39 Å². The minimum absolute atomic E-state index is 0.273. The minimum atomic E-state index is -0.273. The summed E-state index contributed by atoms with van der Waals surface area (Å²) in [5.74, 6) is 0.784. The van der Waals surface area contributed by atoms with Gasteiger partial charge in [-0.15, -0.1) is 11.6 Å². The second kappa shape index (κ2) is 6.15. The van der Waals surface area contributed by atoms with E-state index in [2.05, 4.69) is 0 Å². The highest BCUT2D eigenvalue weighted by molar-refractivity contribution is 6.17. The molecule has 1 nitrogen and oxygen atoms in total. The van der Waals surface area contributed by atoms with Crippen LogP contribution in [0.3, 0.4) is 0 Å². The molecule has 0 radical (unpaired) electrons. The van der Waals surface area contributed by atoms with Crippen LogP contribution in [0.5, 0.6) is 5.75 Å². The molecule has 0 atom stereocenters. The van der Waals surface area contributed by atoms with Crippen molar-refractivity contribution in [3.8, 4) is 5.75 Å². The van der Waals surface area contributed by atoms with Crippen molar-refractivity contribution in [3.63, 3.8) is 0 Å². The molecule has 0 heterocycles. The van der Waals surface area contributed by atoms with Gasteiger partial charge in [-0.1, -0.05) is 36.4 Å². The van der Waals surface area contributed by atoms with Crippen LogP contribution in [0.15, 0.2) is 60.7 Å². The molecule has 3 aromatic carbocycles. The lowest BCUT2D eigenvalue weighted by atomic mass is 10.1. The van der Waals surface area contributed by atoms with Crippen molar-refractivity contribution < 1.29 is 9.13 Å². The number of hydrogen-bond donors (Lipinski definition) is 0. The van der Waals surface area contributed by atoms with Gasteiger partial charge < -0.3 is 4.74 Å². The first-order valence-corrected chi connectivity index (χ1v) is 7.24. The molecule has 0 amide bonds. The molecule has 0 aromatic heterocycles. The summed E-state index contributed by atoms with van der Waals surface area (Å²) in [7, 11) is 0. The van der Waals surface area contributed by atoms with E-state index >= 15 is 0 Å². The molecule has 3 heteroatoms. The van der Waals surface area contributed by atoms with E-state index < -0.39 is 0 Å². The Hall–Kier alpha value is -2.06. The SMILES string of the molecule is Fc1ccc2cc(CCl)cc(OCc3ccccc3)c2c1. The Morgan fingerprint density at radius 3 is 2.48 bits per heavy atom. The fourth-order valence-corrected chi connectivity index (χ4v) is 2.44. The lowest BCUT2D eigenvalue weighted by Crippen LogP contribution is -1.97. The largest absolute Gasteiger partial charge is 0.488 e. The van der Waals surface area contributed by atoms with Gasteiger partial charge in [0, 0.05) is 11.3 Å². The molecular formula is C18H14ClFO. The monoisotopic (exact) mass is 300 g/mol. The number of hydrogen-bond acceptors (Lipinski definition) is 1. The van der Waals surface area contributed by atoms with E-state index in [1.807, 2.05) is 42.5 Å². The Labute approximate surface area is 127 Å². The molecule has 0 aliphatic carbocycles. The molecule has 0 bridgehead atoms. The summed E-state index contributed by atoms with van der Waals surface area (Å²) in [6, 6.07) is 18.4. The molecular weight excluding hydrogens is 287 g/mol. The van der Waals surface area contributed by atoms with Gasteiger partial charge in [0.1, 0.15) is 18.2 Å². The van der Waals surface area contributed by atoms with Crippen LogP contribution in [-0.2, 0) is 12.5 Å². The molecule has 0 N–H and O–H groups in total. The molecule has 0 saturated carbocycles. The first-order chi connectivity index (χ1) is 10.3. The highest BCUT2D eigenvalue weighted by Crippen LogP contribution is 2.29. The number of halogens is 2. The summed E-state index contributed by atoms with van der Waals surface area (Å²) in [4.78, 5) is 0. The normalized spacial score (nSPS) is 10.8. The molecule has 0 aliphatic rings. The van der Waals surface area contributed by atoms with E-state index in [4.69, 9.17) is 16.3 Å². The summed E-state index contributed by atoms with van der Waals surface area (Å²) >= 11 is 5.92. The van der Waals surface area contributed by atoms with Gasteiger partial charge in [0.15, 0.2) is 0 Å². The van der Waals surface area contributed by atoms with Crippen molar-refractivity contribution in [2.24, 2.45) is 0 Å². The zero-order valence-corrected chi connectivity index (χ0v) is 12.1. The number of benzene rings is 3. The molecule has 0 fully saturated rings. The van der Waals surface area contributed by atoms with Crippen LogP contribution in [0.25, 0.3) is 10.8 Å². The van der Waals surface area contributed by atoms with Crippen molar-refractivity contribution in [1.82, 2.24) is 0 Å². The quantitative estimate of drug-likeness (QED) is 0.594. The van der Waals surface area contributed by atoms with Gasteiger partial charge in [-0.25, -0.2) is 4.39 Å². The van der Waals surface area contributed by atoms with Crippen molar-refractivity contribution in [3.05, 3.63) is 77.6 Å². The predicted molar refractivity (Wildman–Crippen MR) is 84.2 cm³/mol. The maximum absolute atomic E-state index is 13.5. The summed E-state index contributed by atoms with van der Waals surface area (Å²) in [6.45, 7) is 0.443. The molecule has 0 unspecified atom stereocenters. The van der Waals surface area contributed by atoms with Crippen LogP contribution >= 0.6 is 11.6 Å².